The summed E-state index contributed by atoms with van der Waals surface area (Å²) >= 11 is 0. The molecule has 1 aliphatic rings. The third kappa shape index (κ3) is 1.48. The summed E-state index contributed by atoms with van der Waals surface area (Å²) < 4.78 is 18.6. The number of halogens is 1. The first kappa shape index (κ1) is 9.46. The van der Waals surface area contributed by atoms with E-state index in [4.69, 9.17) is 4.74 Å². The number of fused-ring (bicyclic) bond motifs is 1. The molecule has 3 heteroatoms. The number of benzene rings is 1. The molecule has 1 aliphatic heterocycles. The van der Waals surface area contributed by atoms with Crippen LogP contribution in [-0.2, 0) is 0 Å². The van der Waals surface area contributed by atoms with Crippen molar-refractivity contribution in [2.45, 2.75) is 18.9 Å². The standard InChI is InChI=1S/C11H14FNO/c1-7-10(6-13-2)9-5-8(12)3-4-11(9)14-7/h3-5,7,10,13H,6H2,1-2H3. The Balaban J connectivity index is 2.34. The first-order valence-corrected chi connectivity index (χ1v) is 4.83. The van der Waals surface area contributed by atoms with Crippen LogP contribution < -0.4 is 10.1 Å². The largest absolute Gasteiger partial charge is 0.490 e. The van der Waals surface area contributed by atoms with Gasteiger partial charge in [-0.25, -0.2) is 4.39 Å². The number of ether oxygens (including phenoxy) is 1. The predicted molar refractivity (Wildman–Crippen MR) is 53.2 cm³/mol. The summed E-state index contributed by atoms with van der Waals surface area (Å²) in [5.74, 6) is 0.882. The number of rotatable bonds is 2. The van der Waals surface area contributed by atoms with Gasteiger partial charge in [0.05, 0.1) is 0 Å². The predicted octanol–water partition coefficient (Wildman–Crippen LogP) is 1.91. The van der Waals surface area contributed by atoms with Crippen molar-refractivity contribution in [3.05, 3.63) is 29.6 Å². The van der Waals surface area contributed by atoms with E-state index in [-0.39, 0.29) is 17.8 Å². The van der Waals surface area contributed by atoms with Crippen LogP contribution in [0.15, 0.2) is 18.2 Å². The Bertz CT molecular complexity index is 340. The molecule has 14 heavy (non-hydrogen) atoms. The van der Waals surface area contributed by atoms with Crippen LogP contribution in [0.4, 0.5) is 4.39 Å². The van der Waals surface area contributed by atoms with Crippen LogP contribution in [0.3, 0.4) is 0 Å². The van der Waals surface area contributed by atoms with Crippen molar-refractivity contribution in [2.24, 2.45) is 0 Å². The Morgan fingerprint density at radius 2 is 2.29 bits per heavy atom. The zero-order valence-corrected chi connectivity index (χ0v) is 8.38. The second kappa shape index (κ2) is 3.58. The fourth-order valence-electron chi connectivity index (χ4n) is 1.95. The molecule has 0 saturated heterocycles. The lowest BCUT2D eigenvalue weighted by Gasteiger charge is -2.13. The van der Waals surface area contributed by atoms with Gasteiger partial charge in [0.15, 0.2) is 0 Å². The summed E-state index contributed by atoms with van der Waals surface area (Å²) in [4.78, 5) is 0. The van der Waals surface area contributed by atoms with E-state index in [9.17, 15) is 4.39 Å². The molecule has 0 amide bonds. The van der Waals surface area contributed by atoms with Crippen LogP contribution in [0.25, 0.3) is 0 Å². The van der Waals surface area contributed by atoms with Gasteiger partial charge in [-0.15, -0.1) is 0 Å². The minimum Gasteiger partial charge on any atom is -0.490 e. The molecule has 0 aromatic heterocycles. The quantitative estimate of drug-likeness (QED) is 0.778. The molecule has 0 radical (unpaired) electrons. The summed E-state index contributed by atoms with van der Waals surface area (Å²) in [6, 6.07) is 4.71. The zero-order valence-electron chi connectivity index (χ0n) is 8.38. The SMILES string of the molecule is CNCC1c2cc(F)ccc2OC1C. The lowest BCUT2D eigenvalue weighted by Crippen LogP contribution is -2.24. The minimum atomic E-state index is -0.192. The molecule has 0 saturated carbocycles. The van der Waals surface area contributed by atoms with E-state index in [0.29, 0.717) is 0 Å². The van der Waals surface area contributed by atoms with Crippen LogP contribution in [0.1, 0.15) is 18.4 Å². The van der Waals surface area contributed by atoms with Crippen LogP contribution >= 0.6 is 0 Å². The van der Waals surface area contributed by atoms with Crippen molar-refractivity contribution in [3.63, 3.8) is 0 Å². The highest BCUT2D eigenvalue weighted by Crippen LogP contribution is 2.37. The van der Waals surface area contributed by atoms with Crippen LogP contribution in [0, 0.1) is 5.82 Å². The zero-order chi connectivity index (χ0) is 10.1. The summed E-state index contributed by atoms with van der Waals surface area (Å²) in [5.41, 5.74) is 0.979. The van der Waals surface area contributed by atoms with Crippen molar-refractivity contribution >= 4 is 0 Å². The monoisotopic (exact) mass is 195 g/mol. The Hall–Kier alpha value is -1.09. The van der Waals surface area contributed by atoms with Crippen molar-refractivity contribution in [1.29, 1.82) is 0 Å². The van der Waals surface area contributed by atoms with E-state index in [1.165, 1.54) is 6.07 Å². The fraction of sp³-hybridized carbons (Fsp3) is 0.455. The molecule has 76 valence electrons. The molecule has 1 N–H and O–H groups in total. The lowest BCUT2D eigenvalue weighted by atomic mass is 9.96. The second-order valence-electron chi connectivity index (χ2n) is 3.67. The summed E-state index contributed by atoms with van der Waals surface area (Å²) in [5, 5.41) is 3.10. The number of likely N-dealkylation sites (N-methyl/N-ethyl adjacent to an activating group) is 1. The molecule has 1 heterocycles. The van der Waals surface area contributed by atoms with E-state index in [1.54, 1.807) is 12.1 Å². The smallest absolute Gasteiger partial charge is 0.123 e. The van der Waals surface area contributed by atoms with Crippen molar-refractivity contribution < 1.29 is 9.13 Å². The fourth-order valence-corrected chi connectivity index (χ4v) is 1.95. The molecule has 0 spiro atoms. The van der Waals surface area contributed by atoms with Gasteiger partial charge in [0, 0.05) is 18.0 Å². The summed E-state index contributed by atoms with van der Waals surface area (Å²) in [7, 11) is 1.89. The van der Waals surface area contributed by atoms with E-state index in [1.807, 2.05) is 14.0 Å². The number of hydrogen-bond donors (Lipinski definition) is 1. The highest BCUT2D eigenvalue weighted by atomic mass is 19.1. The molecule has 2 nitrogen and oxygen atoms in total. The maximum absolute atomic E-state index is 13.0. The maximum atomic E-state index is 13.0. The number of hydrogen-bond acceptors (Lipinski definition) is 2. The van der Waals surface area contributed by atoms with E-state index < -0.39 is 0 Å². The molecule has 0 bridgehead atoms. The van der Waals surface area contributed by atoms with E-state index in [0.717, 1.165) is 17.9 Å². The van der Waals surface area contributed by atoms with Crippen molar-refractivity contribution in [3.8, 4) is 5.75 Å². The van der Waals surface area contributed by atoms with Crippen molar-refractivity contribution in [2.75, 3.05) is 13.6 Å². The molecule has 2 atom stereocenters. The van der Waals surface area contributed by atoms with Gasteiger partial charge >= 0.3 is 0 Å². The van der Waals surface area contributed by atoms with Gasteiger partial charge < -0.3 is 10.1 Å². The topological polar surface area (TPSA) is 21.3 Å². The van der Waals surface area contributed by atoms with Gasteiger partial charge in [0.2, 0.25) is 0 Å². The van der Waals surface area contributed by atoms with Gasteiger partial charge in [-0.1, -0.05) is 0 Å². The average Bonchev–Trinajstić information content (AvgIpc) is 2.45. The van der Waals surface area contributed by atoms with Gasteiger partial charge in [0.25, 0.3) is 0 Å². The highest BCUT2D eigenvalue weighted by Gasteiger charge is 2.30. The molecule has 2 unspecified atom stereocenters. The summed E-state index contributed by atoms with van der Waals surface area (Å²) in [6.45, 7) is 2.83. The van der Waals surface area contributed by atoms with Gasteiger partial charge in [-0.2, -0.15) is 0 Å². The summed E-state index contributed by atoms with van der Waals surface area (Å²) in [6.07, 6.45) is 0.124. The van der Waals surface area contributed by atoms with Crippen LogP contribution in [0.5, 0.6) is 5.75 Å². The van der Waals surface area contributed by atoms with Gasteiger partial charge in [-0.3, -0.25) is 0 Å². The van der Waals surface area contributed by atoms with E-state index in [2.05, 4.69) is 5.32 Å². The molecule has 2 rings (SSSR count). The number of nitrogens with one attached hydrogen (secondary N) is 1. The van der Waals surface area contributed by atoms with Crippen molar-refractivity contribution in [1.82, 2.24) is 5.32 Å². The molecular weight excluding hydrogens is 181 g/mol. The normalized spacial score (nSPS) is 24.5. The Kier molecular flexibility index (Phi) is 2.42. The average molecular weight is 195 g/mol. The Morgan fingerprint density at radius 1 is 1.50 bits per heavy atom. The minimum absolute atomic E-state index is 0.124. The van der Waals surface area contributed by atoms with Gasteiger partial charge in [0.1, 0.15) is 17.7 Å². The first-order chi connectivity index (χ1) is 6.72. The Morgan fingerprint density at radius 3 is 3.00 bits per heavy atom. The highest BCUT2D eigenvalue weighted by molar-refractivity contribution is 5.41. The van der Waals surface area contributed by atoms with Gasteiger partial charge in [-0.05, 0) is 32.2 Å². The second-order valence-corrected chi connectivity index (χ2v) is 3.67. The molecular formula is C11H14FNO. The Labute approximate surface area is 83.1 Å². The third-order valence-electron chi connectivity index (χ3n) is 2.67. The lowest BCUT2D eigenvalue weighted by molar-refractivity contribution is 0.225. The van der Waals surface area contributed by atoms with Crippen LogP contribution in [0.2, 0.25) is 0 Å². The molecule has 0 aliphatic carbocycles. The van der Waals surface area contributed by atoms with E-state index >= 15 is 0 Å². The van der Waals surface area contributed by atoms with Crippen LogP contribution in [-0.4, -0.2) is 19.7 Å². The third-order valence-corrected chi connectivity index (χ3v) is 2.67. The first-order valence-electron chi connectivity index (χ1n) is 4.83. The maximum Gasteiger partial charge on any atom is 0.123 e. The molecule has 1 aromatic carbocycles. The molecule has 0 fully saturated rings. The molecule has 1 aromatic rings.